The predicted molar refractivity (Wildman–Crippen MR) is 96.8 cm³/mol. The Labute approximate surface area is 133 Å². The molecule has 0 aromatic rings. The summed E-state index contributed by atoms with van der Waals surface area (Å²) in [5.74, 6) is 1.04. The summed E-state index contributed by atoms with van der Waals surface area (Å²) in [6.45, 7) is 7.90. The van der Waals surface area contributed by atoms with Crippen LogP contribution in [0, 0.1) is 0 Å². The molecule has 0 bridgehead atoms. The average Bonchev–Trinajstić information content (AvgIpc) is 2.48. The highest BCUT2D eigenvalue weighted by molar-refractivity contribution is 7.80. The van der Waals surface area contributed by atoms with Crippen molar-refractivity contribution in [1.82, 2.24) is 0 Å². The molecule has 4 N–H and O–H groups in total. The van der Waals surface area contributed by atoms with Crippen molar-refractivity contribution in [2.24, 2.45) is 11.5 Å². The molecule has 0 amide bonds. The Balaban J connectivity index is -0.000000244. The van der Waals surface area contributed by atoms with Crippen molar-refractivity contribution in [3.8, 4) is 0 Å². The van der Waals surface area contributed by atoms with E-state index >= 15 is 0 Å². The van der Waals surface area contributed by atoms with Gasteiger partial charge >= 0.3 is 8.56 Å². The molecule has 20 heavy (non-hydrogen) atoms. The number of hydrogen-bond acceptors (Lipinski definition) is 5. The minimum atomic E-state index is -1.80. The Morgan fingerprint density at radius 3 is 1.50 bits per heavy atom. The van der Waals surface area contributed by atoms with Gasteiger partial charge in [-0.1, -0.05) is 26.7 Å². The van der Waals surface area contributed by atoms with Crippen molar-refractivity contribution < 1.29 is 8.85 Å². The molecule has 0 atom stereocenters. The lowest BCUT2D eigenvalue weighted by molar-refractivity contribution is 0.249. The minimum absolute atomic E-state index is 0.718. The normalized spacial score (nSPS) is 10.2. The highest BCUT2D eigenvalue weighted by Gasteiger charge is 2.27. The summed E-state index contributed by atoms with van der Waals surface area (Å²) in [7, 11) is 1.60. The van der Waals surface area contributed by atoms with Gasteiger partial charge in [-0.05, 0) is 50.7 Å². The van der Waals surface area contributed by atoms with Gasteiger partial charge in [0.2, 0.25) is 0 Å². The van der Waals surface area contributed by atoms with E-state index in [2.05, 4.69) is 26.5 Å². The fourth-order valence-electron chi connectivity index (χ4n) is 1.07. The van der Waals surface area contributed by atoms with E-state index in [1.54, 1.807) is 14.2 Å². The predicted octanol–water partition coefficient (Wildman–Crippen LogP) is 3.16. The Bertz CT molecular complexity index is 152. The minimum Gasteiger partial charge on any atom is -0.398 e. The van der Waals surface area contributed by atoms with Gasteiger partial charge in [-0.3, -0.25) is 0 Å². The van der Waals surface area contributed by atoms with Crippen LogP contribution >= 0.6 is 12.6 Å². The van der Waals surface area contributed by atoms with Crippen molar-refractivity contribution in [1.29, 1.82) is 0 Å². The number of thiol groups is 1. The lowest BCUT2D eigenvalue weighted by Gasteiger charge is -2.21. The van der Waals surface area contributed by atoms with E-state index in [0.29, 0.717) is 0 Å². The van der Waals surface area contributed by atoms with Crippen molar-refractivity contribution in [2.75, 3.05) is 33.1 Å². The molecular formula is C14H38N2O2SSi. The Hall–Kier alpha value is 0.407. The van der Waals surface area contributed by atoms with Crippen LogP contribution in [-0.4, -0.2) is 41.6 Å². The monoisotopic (exact) mass is 326 g/mol. The van der Waals surface area contributed by atoms with Crippen LogP contribution in [-0.2, 0) is 8.85 Å². The van der Waals surface area contributed by atoms with Crippen LogP contribution < -0.4 is 11.5 Å². The molecule has 126 valence electrons. The fraction of sp³-hybridized carbons (Fsp3) is 1.00. The van der Waals surface area contributed by atoms with Crippen LogP contribution in [0.5, 0.6) is 0 Å². The smallest absolute Gasteiger partial charge is 0.334 e. The van der Waals surface area contributed by atoms with E-state index in [1.807, 2.05) is 6.55 Å². The largest absolute Gasteiger partial charge is 0.398 e. The Morgan fingerprint density at radius 2 is 1.35 bits per heavy atom. The molecule has 0 aromatic heterocycles. The fourth-order valence-corrected chi connectivity index (χ4v) is 2.81. The topological polar surface area (TPSA) is 70.5 Å². The average molecular weight is 327 g/mol. The summed E-state index contributed by atoms with van der Waals surface area (Å²) >= 11 is 4.00. The second kappa shape index (κ2) is 21.7. The van der Waals surface area contributed by atoms with Crippen LogP contribution in [0.2, 0.25) is 12.6 Å². The van der Waals surface area contributed by atoms with Crippen molar-refractivity contribution in [3.05, 3.63) is 0 Å². The molecule has 0 aliphatic rings. The first kappa shape index (κ1) is 25.4. The first-order valence-electron chi connectivity index (χ1n) is 7.63. The third kappa shape index (κ3) is 23.5. The van der Waals surface area contributed by atoms with E-state index < -0.39 is 8.56 Å². The molecule has 4 nitrogen and oxygen atoms in total. The van der Waals surface area contributed by atoms with Gasteiger partial charge in [0.05, 0.1) is 0 Å². The van der Waals surface area contributed by atoms with Gasteiger partial charge in [-0.2, -0.15) is 12.6 Å². The Kier molecular flexibility index (Phi) is 27.5. The second-order valence-electron chi connectivity index (χ2n) is 4.65. The van der Waals surface area contributed by atoms with Crippen LogP contribution in [0.25, 0.3) is 0 Å². The molecule has 0 fully saturated rings. The summed E-state index contributed by atoms with van der Waals surface area (Å²) < 4.78 is 10.5. The molecular weight excluding hydrogens is 288 g/mol. The van der Waals surface area contributed by atoms with Gasteiger partial charge < -0.3 is 20.3 Å². The van der Waals surface area contributed by atoms with Gasteiger partial charge in [0.15, 0.2) is 0 Å². The molecule has 0 radical (unpaired) electrons. The van der Waals surface area contributed by atoms with Crippen LogP contribution in [0.4, 0.5) is 0 Å². The molecule has 0 rings (SSSR count). The summed E-state index contributed by atoms with van der Waals surface area (Å²) in [5.41, 5.74) is 10.5. The lowest BCUT2D eigenvalue weighted by Crippen LogP contribution is -2.36. The van der Waals surface area contributed by atoms with Gasteiger partial charge in [0.1, 0.15) is 0 Å². The highest BCUT2D eigenvalue weighted by atomic mass is 32.1. The maximum Gasteiger partial charge on any atom is 0.334 e. The van der Waals surface area contributed by atoms with Gasteiger partial charge in [0, 0.05) is 14.2 Å². The van der Waals surface area contributed by atoms with Gasteiger partial charge in [-0.15, -0.1) is 0 Å². The van der Waals surface area contributed by atoms with E-state index in [1.165, 1.54) is 25.7 Å². The molecule has 0 saturated heterocycles. The molecule has 0 spiro atoms. The zero-order chi connectivity index (χ0) is 16.3. The maximum atomic E-state index is 5.36. The van der Waals surface area contributed by atoms with Crippen molar-refractivity contribution >= 4 is 21.2 Å². The molecule has 0 aromatic carbocycles. The van der Waals surface area contributed by atoms with Crippen LogP contribution in [0.1, 0.15) is 46.0 Å². The van der Waals surface area contributed by atoms with Crippen molar-refractivity contribution in [2.45, 2.75) is 58.5 Å². The third-order valence-electron chi connectivity index (χ3n) is 2.77. The van der Waals surface area contributed by atoms with E-state index in [9.17, 15) is 0 Å². The van der Waals surface area contributed by atoms with Crippen LogP contribution in [0.3, 0.4) is 0 Å². The SMILES string of the molecule is CCCCN.CCCCS.CO[Si](C)(CCCN)OC. The number of unbranched alkanes of at least 4 members (excludes halogenated alkanes) is 2. The quantitative estimate of drug-likeness (QED) is 0.449. The first-order valence-corrected chi connectivity index (χ1v) is 10.8. The van der Waals surface area contributed by atoms with Gasteiger partial charge in [-0.25, -0.2) is 0 Å². The Morgan fingerprint density at radius 1 is 0.900 bits per heavy atom. The van der Waals surface area contributed by atoms with E-state index in [0.717, 1.165) is 31.3 Å². The van der Waals surface area contributed by atoms with Gasteiger partial charge in [0.25, 0.3) is 0 Å². The molecule has 0 aliphatic heterocycles. The highest BCUT2D eigenvalue weighted by Crippen LogP contribution is 2.12. The number of rotatable bonds is 9. The summed E-state index contributed by atoms with van der Waals surface area (Å²) in [5, 5.41) is 0. The van der Waals surface area contributed by atoms with E-state index in [4.69, 9.17) is 20.3 Å². The zero-order valence-electron chi connectivity index (χ0n) is 14.3. The molecule has 0 unspecified atom stereocenters. The second-order valence-corrected chi connectivity index (χ2v) is 8.69. The summed E-state index contributed by atoms with van der Waals surface area (Å²) in [4.78, 5) is 0. The van der Waals surface area contributed by atoms with Crippen LogP contribution in [0.15, 0.2) is 0 Å². The molecule has 0 aliphatic carbocycles. The van der Waals surface area contributed by atoms with Crippen molar-refractivity contribution in [3.63, 3.8) is 0 Å². The summed E-state index contributed by atoms with van der Waals surface area (Å²) in [6, 6.07) is 0.983. The number of nitrogens with two attached hydrogens (primary N) is 2. The number of hydrogen-bond donors (Lipinski definition) is 3. The lowest BCUT2D eigenvalue weighted by atomic mass is 10.3. The molecule has 6 heteroatoms. The zero-order valence-corrected chi connectivity index (χ0v) is 16.2. The van der Waals surface area contributed by atoms with E-state index in [-0.39, 0.29) is 0 Å². The first-order chi connectivity index (χ1) is 9.51. The summed E-state index contributed by atoms with van der Waals surface area (Å²) in [6.07, 6.45) is 5.90. The third-order valence-corrected chi connectivity index (χ3v) is 6.07. The maximum absolute atomic E-state index is 5.36. The molecule has 0 saturated carbocycles. The molecule has 0 heterocycles. The standard InChI is InChI=1S/C6H17NO2Si.C4H11N.C4H10S/c1-8-10(3,9-2)6-4-5-7;2*1-2-3-4-5/h4-7H2,1-3H3;2-5H2,1H3;5H,2-4H2,1H3.